The Morgan fingerprint density at radius 3 is 2.30 bits per heavy atom. The van der Waals surface area contributed by atoms with Crippen molar-refractivity contribution in [3.8, 4) is 0 Å². The number of benzene rings is 1. The molecule has 0 aliphatic rings. The number of nitrogens with one attached hydrogen (secondary N) is 1. The molecule has 114 valence electrons. The maximum Gasteiger partial charge on any atom is 0.149 e. The summed E-state index contributed by atoms with van der Waals surface area (Å²) in [5.41, 5.74) is 0.554. The van der Waals surface area contributed by atoms with Crippen molar-refractivity contribution in [1.29, 1.82) is 0 Å². The highest BCUT2D eigenvalue weighted by Crippen LogP contribution is 2.25. The van der Waals surface area contributed by atoms with E-state index in [1.165, 1.54) is 12.1 Å². The molecule has 0 aromatic heterocycles. The van der Waals surface area contributed by atoms with E-state index in [4.69, 9.17) is 5.11 Å². The van der Waals surface area contributed by atoms with Crippen molar-refractivity contribution >= 4 is 5.69 Å². The zero-order valence-corrected chi connectivity index (χ0v) is 12.3. The summed E-state index contributed by atoms with van der Waals surface area (Å²) in [6.45, 7) is 5.80. The number of aliphatic hydroxyl groups is 1. The maximum absolute atomic E-state index is 14.1. The van der Waals surface area contributed by atoms with Crippen LogP contribution in [0.1, 0.15) is 32.3 Å². The van der Waals surface area contributed by atoms with E-state index in [1.807, 2.05) is 13.8 Å². The van der Waals surface area contributed by atoms with Crippen LogP contribution in [-0.2, 0) is 6.54 Å². The van der Waals surface area contributed by atoms with Crippen LogP contribution in [0.3, 0.4) is 0 Å². The third kappa shape index (κ3) is 4.72. The molecule has 5 heteroatoms. The average molecular weight is 286 g/mol. The van der Waals surface area contributed by atoms with Gasteiger partial charge in [-0.05, 0) is 30.7 Å². The number of hydrogen-bond donors (Lipinski definition) is 2. The Balaban J connectivity index is 2.96. The van der Waals surface area contributed by atoms with Gasteiger partial charge >= 0.3 is 0 Å². The van der Waals surface area contributed by atoms with Crippen LogP contribution in [0.25, 0.3) is 0 Å². The van der Waals surface area contributed by atoms with Gasteiger partial charge in [0.25, 0.3) is 0 Å². The highest BCUT2D eigenvalue weighted by molar-refractivity contribution is 5.50. The molecule has 1 aromatic rings. The number of nitrogens with zero attached hydrogens (tertiary/aromatic N) is 1. The number of hydrogen-bond acceptors (Lipinski definition) is 3. The third-order valence-corrected chi connectivity index (χ3v) is 3.12. The van der Waals surface area contributed by atoms with Gasteiger partial charge in [0.2, 0.25) is 0 Å². The van der Waals surface area contributed by atoms with Gasteiger partial charge in [0.1, 0.15) is 17.3 Å². The summed E-state index contributed by atoms with van der Waals surface area (Å²) in [7, 11) is 0. The Kier molecular flexibility index (Phi) is 7.47. The van der Waals surface area contributed by atoms with Crippen molar-refractivity contribution < 1.29 is 13.9 Å². The van der Waals surface area contributed by atoms with Gasteiger partial charge in [-0.15, -0.1) is 0 Å². The molecule has 2 N–H and O–H groups in total. The van der Waals surface area contributed by atoms with Gasteiger partial charge in [0, 0.05) is 19.6 Å². The topological polar surface area (TPSA) is 35.5 Å². The van der Waals surface area contributed by atoms with E-state index >= 15 is 0 Å². The summed E-state index contributed by atoms with van der Waals surface area (Å²) in [5.74, 6) is -1.13. The van der Waals surface area contributed by atoms with Crippen LogP contribution in [0, 0.1) is 11.6 Å². The molecule has 0 aliphatic carbocycles. The molecule has 20 heavy (non-hydrogen) atoms. The van der Waals surface area contributed by atoms with E-state index in [9.17, 15) is 8.78 Å². The molecular formula is C15H24F2N2O. The minimum absolute atomic E-state index is 0.0345. The normalized spacial score (nSPS) is 10.8. The van der Waals surface area contributed by atoms with Gasteiger partial charge in [-0.25, -0.2) is 8.78 Å². The number of unbranched alkanes of at least 4 members (excludes halogenated alkanes) is 1. The van der Waals surface area contributed by atoms with Crippen molar-refractivity contribution in [2.45, 2.75) is 33.2 Å². The molecule has 3 nitrogen and oxygen atoms in total. The second kappa shape index (κ2) is 8.87. The Hall–Kier alpha value is -1.20. The van der Waals surface area contributed by atoms with Crippen molar-refractivity contribution in [3.05, 3.63) is 29.3 Å². The highest BCUT2D eigenvalue weighted by atomic mass is 19.1. The van der Waals surface area contributed by atoms with Crippen LogP contribution >= 0.6 is 0 Å². The fourth-order valence-electron chi connectivity index (χ4n) is 2.10. The monoisotopic (exact) mass is 286 g/mol. The van der Waals surface area contributed by atoms with Crippen LogP contribution in [0.2, 0.25) is 0 Å². The van der Waals surface area contributed by atoms with Crippen molar-refractivity contribution in [2.75, 3.05) is 31.1 Å². The fourth-order valence-corrected chi connectivity index (χ4v) is 2.10. The predicted molar refractivity (Wildman–Crippen MR) is 77.9 cm³/mol. The number of anilines is 1. The lowest BCUT2D eigenvalue weighted by Gasteiger charge is -2.25. The molecule has 0 spiro atoms. The number of rotatable bonds is 9. The van der Waals surface area contributed by atoms with Gasteiger partial charge in [-0.3, -0.25) is 0 Å². The predicted octanol–water partition coefficient (Wildman–Crippen LogP) is 2.67. The first-order valence-electron chi connectivity index (χ1n) is 7.18. The van der Waals surface area contributed by atoms with Gasteiger partial charge in [0.05, 0.1) is 6.61 Å². The zero-order valence-electron chi connectivity index (χ0n) is 12.3. The maximum atomic E-state index is 14.1. The molecule has 0 saturated carbocycles. The van der Waals surface area contributed by atoms with Gasteiger partial charge in [0.15, 0.2) is 0 Å². The van der Waals surface area contributed by atoms with Crippen molar-refractivity contribution in [3.63, 3.8) is 0 Å². The lowest BCUT2D eigenvalue weighted by Crippen LogP contribution is -2.29. The molecule has 0 amide bonds. The van der Waals surface area contributed by atoms with E-state index in [0.717, 1.165) is 19.4 Å². The Labute approximate surface area is 119 Å². The first kappa shape index (κ1) is 16.9. The summed E-state index contributed by atoms with van der Waals surface area (Å²) >= 11 is 0. The molecule has 0 atom stereocenters. The molecule has 0 fully saturated rings. The van der Waals surface area contributed by atoms with Crippen LogP contribution in [0.5, 0.6) is 0 Å². The largest absolute Gasteiger partial charge is 0.395 e. The van der Waals surface area contributed by atoms with Gasteiger partial charge in [-0.1, -0.05) is 20.3 Å². The summed E-state index contributed by atoms with van der Waals surface area (Å²) in [5, 5.41) is 12.1. The van der Waals surface area contributed by atoms with E-state index in [1.54, 1.807) is 4.90 Å². The second-order valence-corrected chi connectivity index (χ2v) is 4.75. The lowest BCUT2D eigenvalue weighted by atomic mass is 10.1. The second-order valence-electron chi connectivity index (χ2n) is 4.75. The third-order valence-electron chi connectivity index (χ3n) is 3.12. The lowest BCUT2D eigenvalue weighted by molar-refractivity contribution is 0.300. The summed E-state index contributed by atoms with van der Waals surface area (Å²) in [4.78, 5) is 1.57. The van der Waals surface area contributed by atoms with Crippen LogP contribution in [0.4, 0.5) is 14.5 Å². The first-order valence-corrected chi connectivity index (χ1v) is 7.18. The minimum atomic E-state index is -0.567. The SMILES string of the molecule is CCCCN(CCO)c1c(F)cc(CNCC)cc1F. The molecular weight excluding hydrogens is 262 g/mol. The van der Waals surface area contributed by atoms with E-state index in [2.05, 4.69) is 5.32 Å². The minimum Gasteiger partial charge on any atom is -0.395 e. The smallest absolute Gasteiger partial charge is 0.149 e. The average Bonchev–Trinajstić information content (AvgIpc) is 2.41. The zero-order chi connectivity index (χ0) is 15.0. The van der Waals surface area contributed by atoms with Crippen LogP contribution in [0.15, 0.2) is 12.1 Å². The van der Waals surface area contributed by atoms with Crippen molar-refractivity contribution in [1.82, 2.24) is 5.32 Å². The summed E-state index contributed by atoms with van der Waals surface area (Å²) in [6.07, 6.45) is 1.77. The molecule has 1 rings (SSSR count). The van der Waals surface area contributed by atoms with Gasteiger partial charge < -0.3 is 15.3 Å². The molecule has 0 saturated heterocycles. The van der Waals surface area contributed by atoms with E-state index in [0.29, 0.717) is 18.7 Å². The summed E-state index contributed by atoms with van der Waals surface area (Å²) < 4.78 is 28.3. The highest BCUT2D eigenvalue weighted by Gasteiger charge is 2.17. The van der Waals surface area contributed by atoms with E-state index in [-0.39, 0.29) is 18.8 Å². The van der Waals surface area contributed by atoms with Crippen molar-refractivity contribution in [2.24, 2.45) is 0 Å². The van der Waals surface area contributed by atoms with Crippen LogP contribution in [-0.4, -0.2) is 31.3 Å². The van der Waals surface area contributed by atoms with E-state index < -0.39 is 11.6 Å². The quantitative estimate of drug-likeness (QED) is 0.732. The fraction of sp³-hybridized carbons (Fsp3) is 0.600. The Bertz CT molecular complexity index is 390. The molecule has 0 bridgehead atoms. The first-order chi connectivity index (χ1) is 9.63. The standard InChI is InChI=1S/C15H24F2N2O/c1-3-5-6-19(7-8-20)15-13(16)9-12(10-14(15)17)11-18-4-2/h9-10,18,20H,3-8,11H2,1-2H3. The Morgan fingerprint density at radius 2 is 1.80 bits per heavy atom. The number of halogens is 2. The van der Waals surface area contributed by atoms with Crippen LogP contribution < -0.4 is 10.2 Å². The molecule has 0 radical (unpaired) electrons. The number of aliphatic hydroxyl groups excluding tert-OH is 1. The molecule has 0 aliphatic heterocycles. The van der Waals surface area contributed by atoms with Gasteiger partial charge in [-0.2, -0.15) is 0 Å². The Morgan fingerprint density at radius 1 is 1.15 bits per heavy atom. The molecule has 1 aromatic carbocycles. The molecule has 0 heterocycles. The summed E-state index contributed by atoms with van der Waals surface area (Å²) in [6, 6.07) is 2.72. The molecule has 0 unspecified atom stereocenters.